The Morgan fingerprint density at radius 1 is 0.967 bits per heavy atom. The van der Waals surface area contributed by atoms with E-state index in [-0.39, 0.29) is 23.8 Å². The number of nitrogens with zero attached hydrogens (tertiary/aromatic N) is 3. The van der Waals surface area contributed by atoms with Crippen molar-refractivity contribution in [2.24, 2.45) is 11.0 Å². The van der Waals surface area contributed by atoms with Crippen molar-refractivity contribution in [1.82, 2.24) is 14.9 Å². The Morgan fingerprint density at radius 3 is 2.47 bits per heavy atom. The summed E-state index contributed by atoms with van der Waals surface area (Å²) in [5, 5.41) is 7.05. The smallest absolute Gasteiger partial charge is 0.270 e. The standard InChI is InChI=1S/C24H24N4O2/c29-23(28-22(10-13-25-28)17-6-2-1-3-7-17)18-11-14-27(15-12-18)24(30)21-16-19-8-4-5-9-20(19)26-21/h1-9,13,16,18,22,26H,10-12,14-15H2. The third-order valence-corrected chi connectivity index (χ3v) is 6.13. The summed E-state index contributed by atoms with van der Waals surface area (Å²) >= 11 is 0. The molecule has 0 radical (unpaired) electrons. The molecule has 1 atom stereocenters. The van der Waals surface area contributed by atoms with E-state index >= 15 is 0 Å². The lowest BCUT2D eigenvalue weighted by Gasteiger charge is -2.33. The molecule has 1 N–H and O–H groups in total. The van der Waals surface area contributed by atoms with Crippen molar-refractivity contribution in [3.63, 3.8) is 0 Å². The Labute approximate surface area is 175 Å². The fraction of sp³-hybridized carbons (Fsp3) is 0.292. The van der Waals surface area contributed by atoms with Crippen LogP contribution in [0.15, 0.2) is 65.8 Å². The van der Waals surface area contributed by atoms with Crippen molar-refractivity contribution in [1.29, 1.82) is 0 Å². The monoisotopic (exact) mass is 400 g/mol. The van der Waals surface area contributed by atoms with Gasteiger partial charge in [0.25, 0.3) is 5.91 Å². The molecular weight excluding hydrogens is 376 g/mol. The molecule has 2 aliphatic heterocycles. The number of piperidine rings is 1. The van der Waals surface area contributed by atoms with Gasteiger partial charge in [0.1, 0.15) is 5.69 Å². The SMILES string of the molecule is O=C(c1cc2ccccc2[nH]1)N1CCC(C(=O)N2N=CCC2c2ccccc2)CC1. The number of para-hydroxylation sites is 1. The zero-order valence-corrected chi connectivity index (χ0v) is 16.7. The number of H-pyrrole nitrogens is 1. The quantitative estimate of drug-likeness (QED) is 0.723. The number of fused-ring (bicyclic) bond motifs is 1. The minimum atomic E-state index is -0.0989. The first-order chi connectivity index (χ1) is 14.7. The molecule has 6 nitrogen and oxygen atoms in total. The first kappa shape index (κ1) is 18.6. The van der Waals surface area contributed by atoms with Crippen LogP contribution in [0.25, 0.3) is 10.9 Å². The topological polar surface area (TPSA) is 68.8 Å². The molecule has 0 aliphatic carbocycles. The van der Waals surface area contributed by atoms with Crippen LogP contribution in [0.5, 0.6) is 0 Å². The minimum absolute atomic E-state index is 0.00143. The molecule has 1 unspecified atom stereocenters. The molecule has 2 aliphatic rings. The molecule has 2 amide bonds. The van der Waals surface area contributed by atoms with E-state index in [1.807, 2.05) is 71.8 Å². The van der Waals surface area contributed by atoms with Gasteiger partial charge < -0.3 is 9.88 Å². The van der Waals surface area contributed by atoms with E-state index in [0.717, 1.165) is 22.9 Å². The number of rotatable bonds is 3. The highest BCUT2D eigenvalue weighted by molar-refractivity contribution is 5.98. The molecule has 3 aromatic rings. The van der Waals surface area contributed by atoms with E-state index in [1.165, 1.54) is 0 Å². The predicted octanol–water partition coefficient (Wildman–Crippen LogP) is 3.98. The number of nitrogens with one attached hydrogen (secondary N) is 1. The van der Waals surface area contributed by atoms with Gasteiger partial charge >= 0.3 is 0 Å². The van der Waals surface area contributed by atoms with Crippen LogP contribution in [-0.4, -0.2) is 46.0 Å². The third kappa shape index (κ3) is 3.38. The molecule has 0 bridgehead atoms. The number of amides is 2. The summed E-state index contributed by atoms with van der Waals surface area (Å²) in [6.07, 6.45) is 3.90. The van der Waals surface area contributed by atoms with Crippen LogP contribution in [0.2, 0.25) is 0 Å². The van der Waals surface area contributed by atoms with Crippen molar-refractivity contribution in [3.8, 4) is 0 Å². The van der Waals surface area contributed by atoms with Gasteiger partial charge in [-0.25, -0.2) is 5.01 Å². The Kier molecular flexibility index (Phi) is 4.83. The molecule has 1 fully saturated rings. The summed E-state index contributed by atoms with van der Waals surface area (Å²) in [6, 6.07) is 19.8. The molecule has 3 heterocycles. The van der Waals surface area contributed by atoms with E-state index in [0.29, 0.717) is 31.6 Å². The van der Waals surface area contributed by atoms with Crippen LogP contribution in [0.4, 0.5) is 0 Å². The highest BCUT2D eigenvalue weighted by atomic mass is 16.2. The normalized spacial score (nSPS) is 19.5. The number of hydrazone groups is 1. The van der Waals surface area contributed by atoms with Gasteiger partial charge in [-0.15, -0.1) is 0 Å². The lowest BCUT2D eigenvalue weighted by molar-refractivity contribution is -0.138. The maximum absolute atomic E-state index is 13.2. The van der Waals surface area contributed by atoms with Gasteiger partial charge in [-0.2, -0.15) is 5.10 Å². The number of carbonyl (C=O) groups excluding carboxylic acids is 2. The number of likely N-dealkylation sites (tertiary alicyclic amines) is 1. The maximum atomic E-state index is 13.2. The van der Waals surface area contributed by atoms with Crippen LogP contribution in [0.3, 0.4) is 0 Å². The fourth-order valence-corrected chi connectivity index (χ4v) is 4.45. The average molecular weight is 400 g/mol. The number of aromatic nitrogens is 1. The Morgan fingerprint density at radius 2 is 1.70 bits per heavy atom. The molecule has 30 heavy (non-hydrogen) atoms. The molecule has 1 aromatic heterocycles. The second-order valence-electron chi connectivity index (χ2n) is 7.98. The summed E-state index contributed by atoms with van der Waals surface area (Å²) < 4.78 is 0. The summed E-state index contributed by atoms with van der Waals surface area (Å²) in [5.41, 5.74) is 2.67. The molecule has 0 saturated carbocycles. The van der Waals surface area contributed by atoms with Crippen molar-refractivity contribution in [2.45, 2.75) is 25.3 Å². The van der Waals surface area contributed by atoms with Gasteiger partial charge in [-0.1, -0.05) is 48.5 Å². The van der Waals surface area contributed by atoms with Crippen LogP contribution >= 0.6 is 0 Å². The van der Waals surface area contributed by atoms with Crippen LogP contribution < -0.4 is 0 Å². The second kappa shape index (κ2) is 7.78. The van der Waals surface area contributed by atoms with Crippen molar-refractivity contribution in [3.05, 3.63) is 71.9 Å². The molecule has 152 valence electrons. The molecule has 1 saturated heterocycles. The van der Waals surface area contributed by atoms with Crippen LogP contribution in [0, 0.1) is 5.92 Å². The highest BCUT2D eigenvalue weighted by Crippen LogP contribution is 2.32. The minimum Gasteiger partial charge on any atom is -0.351 e. The highest BCUT2D eigenvalue weighted by Gasteiger charge is 2.35. The maximum Gasteiger partial charge on any atom is 0.270 e. The number of hydrogen-bond acceptors (Lipinski definition) is 3. The number of aromatic amines is 1. The van der Waals surface area contributed by atoms with Crippen molar-refractivity contribution >= 4 is 28.9 Å². The molecular formula is C24H24N4O2. The first-order valence-electron chi connectivity index (χ1n) is 10.5. The molecule has 2 aromatic carbocycles. The summed E-state index contributed by atoms with van der Waals surface area (Å²) in [6.45, 7) is 1.16. The van der Waals surface area contributed by atoms with Gasteiger partial charge in [0.2, 0.25) is 5.91 Å². The third-order valence-electron chi connectivity index (χ3n) is 6.13. The largest absolute Gasteiger partial charge is 0.351 e. The van der Waals surface area contributed by atoms with E-state index in [1.54, 1.807) is 5.01 Å². The number of benzene rings is 2. The molecule has 6 heteroatoms. The Balaban J connectivity index is 1.23. The zero-order chi connectivity index (χ0) is 20.5. The molecule has 0 spiro atoms. The van der Waals surface area contributed by atoms with Crippen molar-refractivity contribution < 1.29 is 9.59 Å². The van der Waals surface area contributed by atoms with E-state index in [4.69, 9.17) is 0 Å². The van der Waals surface area contributed by atoms with E-state index in [9.17, 15) is 9.59 Å². The average Bonchev–Trinajstić information content (AvgIpc) is 3.46. The zero-order valence-electron chi connectivity index (χ0n) is 16.7. The number of hydrogen-bond donors (Lipinski definition) is 1. The van der Waals surface area contributed by atoms with Gasteiger partial charge in [0.15, 0.2) is 0 Å². The van der Waals surface area contributed by atoms with Crippen LogP contribution in [0.1, 0.15) is 41.4 Å². The first-order valence-corrected chi connectivity index (χ1v) is 10.5. The van der Waals surface area contributed by atoms with Gasteiger partial charge in [-0.3, -0.25) is 9.59 Å². The predicted molar refractivity (Wildman–Crippen MR) is 116 cm³/mol. The van der Waals surface area contributed by atoms with Gasteiger partial charge in [0, 0.05) is 42.5 Å². The lowest BCUT2D eigenvalue weighted by atomic mass is 9.94. The van der Waals surface area contributed by atoms with Crippen LogP contribution in [-0.2, 0) is 4.79 Å². The lowest BCUT2D eigenvalue weighted by Crippen LogP contribution is -2.43. The Hall–Kier alpha value is -3.41. The second-order valence-corrected chi connectivity index (χ2v) is 7.98. The van der Waals surface area contributed by atoms with E-state index < -0.39 is 0 Å². The molecule has 5 rings (SSSR count). The van der Waals surface area contributed by atoms with Gasteiger partial charge in [0.05, 0.1) is 6.04 Å². The number of carbonyl (C=O) groups is 2. The Bertz CT molecular complexity index is 1060. The fourth-order valence-electron chi connectivity index (χ4n) is 4.45. The summed E-state index contributed by atoms with van der Waals surface area (Å²) in [4.78, 5) is 31.1. The summed E-state index contributed by atoms with van der Waals surface area (Å²) in [7, 11) is 0. The van der Waals surface area contributed by atoms with Crippen molar-refractivity contribution in [2.75, 3.05) is 13.1 Å². The van der Waals surface area contributed by atoms with Gasteiger partial charge in [-0.05, 0) is 30.5 Å². The summed E-state index contributed by atoms with van der Waals surface area (Å²) in [5.74, 6) is -0.0352. The van der Waals surface area contributed by atoms with E-state index in [2.05, 4.69) is 10.1 Å².